The molecule has 2 rings (SSSR count). The first-order valence-electron chi connectivity index (χ1n) is 6.03. The second-order valence-electron chi connectivity index (χ2n) is 4.60. The van der Waals surface area contributed by atoms with Crippen molar-refractivity contribution in [1.82, 2.24) is 9.80 Å². The number of rotatable bonds is 3. The molecule has 6 nitrogen and oxygen atoms in total. The molecule has 1 saturated heterocycles. The molecule has 19 heavy (non-hydrogen) atoms. The number of carbonyl (C=O) groups is 2. The van der Waals surface area contributed by atoms with Crippen molar-refractivity contribution in [3.8, 4) is 0 Å². The molecule has 2 amide bonds. The fourth-order valence-electron chi connectivity index (χ4n) is 2.13. The van der Waals surface area contributed by atoms with Crippen LogP contribution in [0.3, 0.4) is 0 Å². The van der Waals surface area contributed by atoms with Crippen LogP contribution in [0, 0.1) is 6.92 Å². The largest absolute Gasteiger partial charge is 0.444 e. The first kappa shape index (κ1) is 14.1. The molecule has 0 saturated carbocycles. The summed E-state index contributed by atoms with van der Waals surface area (Å²) < 4.78 is 5.91. The van der Waals surface area contributed by atoms with Gasteiger partial charge in [0.05, 0.1) is 6.54 Å². The smallest absolute Gasteiger partial charge is 0.289 e. The van der Waals surface area contributed by atoms with Gasteiger partial charge in [-0.05, 0) is 28.9 Å². The molecular weight excluding hydrogens is 314 g/mol. The van der Waals surface area contributed by atoms with Gasteiger partial charge in [0.15, 0.2) is 10.4 Å². The van der Waals surface area contributed by atoms with Gasteiger partial charge >= 0.3 is 0 Å². The van der Waals surface area contributed by atoms with Crippen molar-refractivity contribution in [2.24, 2.45) is 5.73 Å². The van der Waals surface area contributed by atoms with Gasteiger partial charge < -0.3 is 15.1 Å². The SMILES string of the molecule is Cc1cc(Br)oc1C(=O)N1CCN(CC(N)=O)CC1. The third kappa shape index (κ3) is 3.36. The fraction of sp³-hybridized carbons (Fsp3) is 0.500. The van der Waals surface area contributed by atoms with E-state index in [0.29, 0.717) is 36.6 Å². The van der Waals surface area contributed by atoms with E-state index in [2.05, 4.69) is 15.9 Å². The number of hydrogen-bond acceptors (Lipinski definition) is 4. The Morgan fingerprint density at radius 2 is 2.00 bits per heavy atom. The average Bonchev–Trinajstić information content (AvgIpc) is 2.68. The highest BCUT2D eigenvalue weighted by atomic mass is 79.9. The van der Waals surface area contributed by atoms with Crippen LogP contribution in [0.1, 0.15) is 16.1 Å². The molecule has 7 heteroatoms. The molecule has 104 valence electrons. The minimum atomic E-state index is -0.342. The number of piperazine rings is 1. The third-order valence-corrected chi connectivity index (χ3v) is 3.51. The fourth-order valence-corrected chi connectivity index (χ4v) is 2.63. The van der Waals surface area contributed by atoms with E-state index >= 15 is 0 Å². The molecule has 1 aromatic rings. The summed E-state index contributed by atoms with van der Waals surface area (Å²) in [5.41, 5.74) is 5.97. The number of amides is 2. The lowest BCUT2D eigenvalue weighted by Gasteiger charge is -2.33. The van der Waals surface area contributed by atoms with Gasteiger partial charge in [0.2, 0.25) is 5.91 Å². The van der Waals surface area contributed by atoms with Crippen LogP contribution >= 0.6 is 15.9 Å². The second-order valence-corrected chi connectivity index (χ2v) is 5.38. The highest BCUT2D eigenvalue weighted by Crippen LogP contribution is 2.21. The third-order valence-electron chi connectivity index (χ3n) is 3.12. The Hall–Kier alpha value is -1.34. The van der Waals surface area contributed by atoms with Gasteiger partial charge in [0, 0.05) is 31.7 Å². The number of nitrogens with two attached hydrogens (primary N) is 1. The Kier molecular flexibility index (Phi) is 4.26. The van der Waals surface area contributed by atoms with E-state index in [-0.39, 0.29) is 18.4 Å². The molecule has 1 aromatic heterocycles. The maximum Gasteiger partial charge on any atom is 0.289 e. The Morgan fingerprint density at radius 3 is 2.47 bits per heavy atom. The zero-order valence-corrected chi connectivity index (χ0v) is 12.3. The van der Waals surface area contributed by atoms with Crippen molar-refractivity contribution < 1.29 is 14.0 Å². The van der Waals surface area contributed by atoms with E-state index in [1.165, 1.54) is 0 Å². The maximum atomic E-state index is 12.3. The Balaban J connectivity index is 1.96. The van der Waals surface area contributed by atoms with E-state index in [1.54, 1.807) is 11.0 Å². The summed E-state index contributed by atoms with van der Waals surface area (Å²) >= 11 is 3.21. The molecule has 0 spiro atoms. The normalized spacial score (nSPS) is 16.6. The lowest BCUT2D eigenvalue weighted by Crippen LogP contribution is -2.50. The minimum absolute atomic E-state index is 0.109. The van der Waals surface area contributed by atoms with Crippen molar-refractivity contribution in [1.29, 1.82) is 0 Å². The lowest BCUT2D eigenvalue weighted by molar-refractivity contribution is -0.119. The van der Waals surface area contributed by atoms with Gasteiger partial charge in [-0.2, -0.15) is 0 Å². The molecule has 0 unspecified atom stereocenters. The van der Waals surface area contributed by atoms with E-state index in [9.17, 15) is 9.59 Å². The number of nitrogens with zero attached hydrogens (tertiary/aromatic N) is 2. The van der Waals surface area contributed by atoms with Gasteiger partial charge in [-0.3, -0.25) is 14.5 Å². The van der Waals surface area contributed by atoms with Gasteiger partial charge in [-0.15, -0.1) is 0 Å². The van der Waals surface area contributed by atoms with Crippen molar-refractivity contribution in [3.05, 3.63) is 22.1 Å². The Bertz CT molecular complexity index is 492. The highest BCUT2D eigenvalue weighted by Gasteiger charge is 2.26. The van der Waals surface area contributed by atoms with Gasteiger partial charge in [0.25, 0.3) is 5.91 Å². The van der Waals surface area contributed by atoms with E-state index in [1.807, 2.05) is 11.8 Å². The molecule has 1 aliphatic rings. The summed E-state index contributed by atoms with van der Waals surface area (Å²) in [6.45, 7) is 4.52. The topological polar surface area (TPSA) is 79.8 Å². The molecular formula is C12H16BrN3O3. The van der Waals surface area contributed by atoms with Crippen molar-refractivity contribution >= 4 is 27.7 Å². The Morgan fingerprint density at radius 1 is 1.37 bits per heavy atom. The molecule has 1 fully saturated rings. The number of carbonyl (C=O) groups excluding carboxylic acids is 2. The van der Waals surface area contributed by atoms with E-state index in [4.69, 9.17) is 10.2 Å². The van der Waals surface area contributed by atoms with E-state index < -0.39 is 0 Å². The van der Waals surface area contributed by atoms with Crippen LogP contribution in [0.5, 0.6) is 0 Å². The number of furan rings is 1. The second kappa shape index (κ2) is 5.75. The van der Waals surface area contributed by atoms with Crippen LogP contribution in [0.25, 0.3) is 0 Å². The molecule has 2 N–H and O–H groups in total. The van der Waals surface area contributed by atoms with Crippen LogP contribution in [-0.4, -0.2) is 54.3 Å². The summed E-state index contributed by atoms with van der Waals surface area (Å²) in [6.07, 6.45) is 0. The van der Waals surface area contributed by atoms with Gasteiger partial charge in [0.1, 0.15) is 0 Å². The number of aryl methyl sites for hydroxylation is 1. The molecule has 0 bridgehead atoms. The Labute approximate surface area is 119 Å². The van der Waals surface area contributed by atoms with Crippen molar-refractivity contribution in [2.75, 3.05) is 32.7 Å². The monoisotopic (exact) mass is 329 g/mol. The lowest BCUT2D eigenvalue weighted by atomic mass is 10.2. The molecule has 0 aliphatic carbocycles. The summed E-state index contributed by atoms with van der Waals surface area (Å²) in [6, 6.07) is 1.77. The summed E-state index contributed by atoms with van der Waals surface area (Å²) in [4.78, 5) is 26.8. The summed E-state index contributed by atoms with van der Waals surface area (Å²) in [5.74, 6) is -0.0808. The zero-order valence-electron chi connectivity index (χ0n) is 10.7. The predicted molar refractivity (Wildman–Crippen MR) is 72.7 cm³/mol. The van der Waals surface area contributed by atoms with Gasteiger partial charge in [-0.25, -0.2) is 0 Å². The minimum Gasteiger partial charge on any atom is -0.444 e. The number of hydrogen-bond donors (Lipinski definition) is 1. The van der Waals surface area contributed by atoms with Crippen LogP contribution < -0.4 is 5.73 Å². The molecule has 2 heterocycles. The average molecular weight is 330 g/mol. The van der Waals surface area contributed by atoms with Gasteiger partial charge in [-0.1, -0.05) is 0 Å². The number of primary amides is 1. The standard InChI is InChI=1S/C12H16BrN3O3/c1-8-6-9(13)19-11(8)12(18)16-4-2-15(3-5-16)7-10(14)17/h6H,2-5,7H2,1H3,(H2,14,17). The van der Waals surface area contributed by atoms with Crippen molar-refractivity contribution in [3.63, 3.8) is 0 Å². The van der Waals surface area contributed by atoms with Crippen molar-refractivity contribution in [2.45, 2.75) is 6.92 Å². The summed E-state index contributed by atoms with van der Waals surface area (Å²) in [5, 5.41) is 0. The van der Waals surface area contributed by atoms with Crippen LogP contribution in [0.4, 0.5) is 0 Å². The van der Waals surface area contributed by atoms with Crippen LogP contribution in [0.2, 0.25) is 0 Å². The van der Waals surface area contributed by atoms with Crippen LogP contribution in [0.15, 0.2) is 15.2 Å². The van der Waals surface area contributed by atoms with Crippen LogP contribution in [-0.2, 0) is 4.79 Å². The quantitative estimate of drug-likeness (QED) is 0.880. The number of halogens is 1. The maximum absolute atomic E-state index is 12.3. The molecule has 0 radical (unpaired) electrons. The highest BCUT2D eigenvalue weighted by molar-refractivity contribution is 9.10. The van der Waals surface area contributed by atoms with E-state index in [0.717, 1.165) is 5.56 Å². The zero-order chi connectivity index (χ0) is 14.0. The summed E-state index contributed by atoms with van der Waals surface area (Å²) in [7, 11) is 0. The predicted octanol–water partition coefficient (Wildman–Crippen LogP) is 0.594. The molecule has 1 aliphatic heterocycles. The first-order valence-corrected chi connectivity index (χ1v) is 6.82. The molecule has 0 atom stereocenters. The first-order chi connectivity index (χ1) is 8.97. The molecule has 0 aromatic carbocycles.